The maximum atomic E-state index is 11.9. The second-order valence-corrected chi connectivity index (χ2v) is 5.28. The van der Waals surface area contributed by atoms with Gasteiger partial charge in [0, 0.05) is 6.54 Å². The van der Waals surface area contributed by atoms with E-state index in [0.717, 1.165) is 12.0 Å². The van der Waals surface area contributed by atoms with Gasteiger partial charge >= 0.3 is 5.97 Å². The molecule has 0 aliphatic heterocycles. The van der Waals surface area contributed by atoms with E-state index in [0.29, 0.717) is 12.1 Å². The van der Waals surface area contributed by atoms with Crippen LogP contribution in [0.3, 0.4) is 0 Å². The Kier molecular flexibility index (Phi) is 8.44. The minimum Gasteiger partial charge on any atom is -0.451 e. The lowest BCUT2D eigenvalue weighted by Crippen LogP contribution is -2.39. The third-order valence-corrected chi connectivity index (χ3v) is 3.08. The molecule has 0 atom stereocenters. The molecular formula is C18H21N3O4. The summed E-state index contributed by atoms with van der Waals surface area (Å²) in [5.74, 6) is -1.83. The fourth-order valence-electron chi connectivity index (χ4n) is 1.73. The molecule has 1 aromatic carbocycles. The second kappa shape index (κ2) is 10.6. The molecule has 0 aliphatic carbocycles. The average Bonchev–Trinajstić information content (AvgIpc) is 2.62. The van der Waals surface area contributed by atoms with Crippen LogP contribution in [0, 0.1) is 18.3 Å². The zero-order valence-corrected chi connectivity index (χ0v) is 14.3. The van der Waals surface area contributed by atoms with Crippen molar-refractivity contribution < 1.29 is 19.1 Å². The summed E-state index contributed by atoms with van der Waals surface area (Å²) in [5.41, 5.74) is 1.52. The minimum absolute atomic E-state index is 0.194. The lowest BCUT2D eigenvalue weighted by atomic mass is 10.1. The molecule has 0 fully saturated rings. The number of hydrogen-bond donors (Lipinski definition) is 2. The number of esters is 1. The van der Waals surface area contributed by atoms with Crippen molar-refractivity contribution in [2.24, 2.45) is 0 Å². The molecule has 0 spiro atoms. The molecule has 7 nitrogen and oxygen atoms in total. The van der Waals surface area contributed by atoms with Crippen LogP contribution in [0.1, 0.15) is 24.5 Å². The lowest BCUT2D eigenvalue weighted by molar-refractivity contribution is -0.144. The summed E-state index contributed by atoms with van der Waals surface area (Å²) in [6.07, 6.45) is 2.18. The van der Waals surface area contributed by atoms with Crippen LogP contribution < -0.4 is 10.6 Å². The van der Waals surface area contributed by atoms with E-state index in [-0.39, 0.29) is 18.0 Å². The lowest BCUT2D eigenvalue weighted by Gasteiger charge is -2.06. The standard InChI is InChI=1S/C18H21N3O4/c1-3-8-20-16(22)11-21-17(23)12-25-18(24)15(10-19)9-14-6-4-13(2)5-7-14/h4-7,9H,3,8,11-12H2,1-2H3,(H,20,22)(H,21,23)/b15-9+. The first-order valence-electron chi connectivity index (χ1n) is 7.85. The maximum absolute atomic E-state index is 11.9. The van der Waals surface area contributed by atoms with Gasteiger partial charge in [-0.25, -0.2) is 4.79 Å². The Morgan fingerprint density at radius 2 is 1.84 bits per heavy atom. The third-order valence-electron chi connectivity index (χ3n) is 3.08. The van der Waals surface area contributed by atoms with E-state index in [1.807, 2.05) is 26.0 Å². The molecule has 1 aromatic rings. The van der Waals surface area contributed by atoms with Crippen molar-refractivity contribution in [1.29, 1.82) is 5.26 Å². The van der Waals surface area contributed by atoms with Gasteiger partial charge in [0.25, 0.3) is 5.91 Å². The Morgan fingerprint density at radius 1 is 1.16 bits per heavy atom. The van der Waals surface area contributed by atoms with Crippen LogP contribution in [-0.2, 0) is 19.1 Å². The van der Waals surface area contributed by atoms with Crippen molar-refractivity contribution in [2.75, 3.05) is 19.7 Å². The summed E-state index contributed by atoms with van der Waals surface area (Å²) in [7, 11) is 0. The largest absolute Gasteiger partial charge is 0.451 e. The fraction of sp³-hybridized carbons (Fsp3) is 0.333. The maximum Gasteiger partial charge on any atom is 0.349 e. The molecule has 25 heavy (non-hydrogen) atoms. The molecule has 7 heteroatoms. The smallest absolute Gasteiger partial charge is 0.349 e. The number of carbonyl (C=O) groups is 3. The van der Waals surface area contributed by atoms with Crippen LogP contribution in [0.4, 0.5) is 0 Å². The summed E-state index contributed by atoms with van der Waals surface area (Å²) in [6, 6.07) is 8.98. The van der Waals surface area contributed by atoms with E-state index in [1.54, 1.807) is 18.2 Å². The van der Waals surface area contributed by atoms with Gasteiger partial charge in [-0.2, -0.15) is 5.26 Å². The Hall–Kier alpha value is -3.14. The van der Waals surface area contributed by atoms with Gasteiger partial charge in [0.2, 0.25) is 5.91 Å². The first-order valence-corrected chi connectivity index (χ1v) is 7.85. The number of amides is 2. The predicted octanol–water partition coefficient (Wildman–Crippen LogP) is 1.09. The number of ether oxygens (including phenoxy) is 1. The van der Waals surface area contributed by atoms with Crippen LogP contribution in [0.25, 0.3) is 6.08 Å². The number of rotatable bonds is 8. The Morgan fingerprint density at radius 3 is 2.44 bits per heavy atom. The fourth-order valence-corrected chi connectivity index (χ4v) is 1.73. The monoisotopic (exact) mass is 343 g/mol. The van der Waals surface area contributed by atoms with Crippen molar-refractivity contribution in [2.45, 2.75) is 20.3 Å². The second-order valence-electron chi connectivity index (χ2n) is 5.28. The van der Waals surface area contributed by atoms with Gasteiger partial charge in [0.15, 0.2) is 6.61 Å². The topological polar surface area (TPSA) is 108 Å². The number of hydrogen-bond acceptors (Lipinski definition) is 5. The zero-order valence-electron chi connectivity index (χ0n) is 14.3. The molecule has 0 bridgehead atoms. The first-order chi connectivity index (χ1) is 12.0. The summed E-state index contributed by atoms with van der Waals surface area (Å²) < 4.78 is 4.79. The Labute approximate surface area is 146 Å². The van der Waals surface area contributed by atoms with Crippen LogP contribution in [0.15, 0.2) is 29.8 Å². The van der Waals surface area contributed by atoms with E-state index in [2.05, 4.69) is 10.6 Å². The van der Waals surface area contributed by atoms with E-state index >= 15 is 0 Å². The third kappa shape index (κ3) is 7.79. The van der Waals surface area contributed by atoms with Crippen LogP contribution >= 0.6 is 0 Å². The zero-order chi connectivity index (χ0) is 18.7. The first kappa shape index (κ1) is 19.9. The molecule has 0 aromatic heterocycles. The molecule has 0 aliphatic rings. The molecule has 0 saturated carbocycles. The van der Waals surface area contributed by atoms with Gasteiger partial charge in [-0.15, -0.1) is 0 Å². The molecule has 0 radical (unpaired) electrons. The van der Waals surface area contributed by atoms with Crippen molar-refractivity contribution in [3.05, 3.63) is 41.0 Å². The number of nitrogens with one attached hydrogen (secondary N) is 2. The van der Waals surface area contributed by atoms with Gasteiger partial charge in [-0.1, -0.05) is 36.8 Å². The van der Waals surface area contributed by atoms with Crippen LogP contribution in [0.5, 0.6) is 0 Å². The van der Waals surface area contributed by atoms with Crippen molar-refractivity contribution in [1.82, 2.24) is 10.6 Å². The molecule has 2 N–H and O–H groups in total. The molecule has 0 unspecified atom stereocenters. The quantitative estimate of drug-likeness (QED) is 0.417. The predicted molar refractivity (Wildman–Crippen MR) is 92.0 cm³/mol. The number of aryl methyl sites for hydroxylation is 1. The van der Waals surface area contributed by atoms with E-state index in [4.69, 9.17) is 10.00 Å². The van der Waals surface area contributed by atoms with E-state index in [1.165, 1.54) is 6.08 Å². The average molecular weight is 343 g/mol. The summed E-state index contributed by atoms with van der Waals surface area (Å²) in [6.45, 7) is 3.61. The number of benzene rings is 1. The van der Waals surface area contributed by atoms with Crippen molar-refractivity contribution in [3.63, 3.8) is 0 Å². The molecule has 0 heterocycles. The van der Waals surface area contributed by atoms with E-state index in [9.17, 15) is 14.4 Å². The van der Waals surface area contributed by atoms with Gasteiger partial charge in [-0.3, -0.25) is 9.59 Å². The van der Waals surface area contributed by atoms with E-state index < -0.39 is 18.5 Å². The highest BCUT2D eigenvalue weighted by Gasteiger charge is 2.13. The SMILES string of the molecule is CCCNC(=O)CNC(=O)COC(=O)/C(C#N)=C/c1ccc(C)cc1. The minimum atomic E-state index is -0.895. The van der Waals surface area contributed by atoms with Gasteiger partial charge in [0.1, 0.15) is 11.6 Å². The molecule has 0 saturated heterocycles. The van der Waals surface area contributed by atoms with Crippen LogP contribution in [-0.4, -0.2) is 37.5 Å². The van der Waals surface area contributed by atoms with Gasteiger partial charge < -0.3 is 15.4 Å². The van der Waals surface area contributed by atoms with Crippen LogP contribution in [0.2, 0.25) is 0 Å². The molecular weight excluding hydrogens is 322 g/mol. The molecule has 1 rings (SSSR count). The molecule has 2 amide bonds. The normalized spacial score (nSPS) is 10.5. The summed E-state index contributed by atoms with van der Waals surface area (Å²) in [5, 5.41) is 14.0. The Bertz CT molecular complexity index is 687. The Balaban J connectivity index is 2.48. The highest BCUT2D eigenvalue weighted by molar-refractivity contribution is 5.99. The van der Waals surface area contributed by atoms with Crippen molar-refractivity contribution in [3.8, 4) is 6.07 Å². The molecule has 132 valence electrons. The number of nitrogens with zero attached hydrogens (tertiary/aromatic N) is 1. The van der Waals surface area contributed by atoms with Gasteiger partial charge in [-0.05, 0) is 25.0 Å². The van der Waals surface area contributed by atoms with Crippen molar-refractivity contribution >= 4 is 23.9 Å². The highest BCUT2D eigenvalue weighted by atomic mass is 16.5. The number of nitriles is 1. The number of carbonyl (C=O) groups excluding carboxylic acids is 3. The van der Waals surface area contributed by atoms with Gasteiger partial charge in [0.05, 0.1) is 6.54 Å². The summed E-state index contributed by atoms with van der Waals surface area (Å²) in [4.78, 5) is 34.8. The highest BCUT2D eigenvalue weighted by Crippen LogP contribution is 2.09. The summed E-state index contributed by atoms with van der Waals surface area (Å²) >= 11 is 0.